The van der Waals surface area contributed by atoms with Crippen molar-refractivity contribution in [2.24, 2.45) is 0 Å². The molecule has 10 heteroatoms. The molecule has 1 aliphatic heterocycles. The number of aryl methyl sites for hydroxylation is 1. The van der Waals surface area contributed by atoms with E-state index in [9.17, 15) is 18.0 Å². The summed E-state index contributed by atoms with van der Waals surface area (Å²) >= 11 is 13.6. The Morgan fingerprint density at radius 2 is 1.88 bits per heavy atom. The number of amides is 1. The number of thioether (sulfide) groups is 1. The van der Waals surface area contributed by atoms with Crippen molar-refractivity contribution < 1.29 is 18.0 Å². The van der Waals surface area contributed by atoms with E-state index in [0.29, 0.717) is 15.6 Å². The van der Waals surface area contributed by atoms with E-state index in [1.54, 1.807) is 18.2 Å². The Hall–Kier alpha value is -1.51. The zero-order chi connectivity index (χ0) is 18.4. The number of halogens is 5. The van der Waals surface area contributed by atoms with E-state index in [0.717, 1.165) is 11.0 Å². The van der Waals surface area contributed by atoms with Gasteiger partial charge in [0.1, 0.15) is 11.1 Å². The van der Waals surface area contributed by atoms with Crippen molar-refractivity contribution in [3.05, 3.63) is 51.3 Å². The van der Waals surface area contributed by atoms with Crippen molar-refractivity contribution in [2.45, 2.75) is 18.5 Å². The molecule has 1 atom stereocenters. The van der Waals surface area contributed by atoms with Gasteiger partial charge >= 0.3 is 6.18 Å². The molecule has 2 heterocycles. The average molecular weight is 408 g/mol. The number of hydrogen-bond donors (Lipinski definition) is 0. The van der Waals surface area contributed by atoms with Gasteiger partial charge in [0, 0.05) is 21.3 Å². The van der Waals surface area contributed by atoms with E-state index in [1.807, 2.05) is 0 Å². The summed E-state index contributed by atoms with van der Waals surface area (Å²) in [4.78, 5) is 21.0. The fourth-order valence-electron chi connectivity index (χ4n) is 2.41. The SMILES string of the molecule is Cc1cc(C(F)(F)F)nc(N2C(=O)CSC2c2c(Cl)cccc2Cl)n1. The molecular formula is C15H10Cl2F3N3OS. The van der Waals surface area contributed by atoms with E-state index in [1.165, 1.54) is 18.7 Å². The molecule has 1 fully saturated rings. The summed E-state index contributed by atoms with van der Waals surface area (Å²) in [5, 5.41) is -0.0709. The summed E-state index contributed by atoms with van der Waals surface area (Å²) < 4.78 is 39.1. The lowest BCUT2D eigenvalue weighted by Gasteiger charge is -2.24. The molecule has 0 N–H and O–H groups in total. The number of carbonyl (C=O) groups excluding carboxylic acids is 1. The zero-order valence-electron chi connectivity index (χ0n) is 12.6. The molecule has 0 saturated carbocycles. The van der Waals surface area contributed by atoms with Gasteiger partial charge in [-0.25, -0.2) is 9.97 Å². The molecule has 0 radical (unpaired) electrons. The van der Waals surface area contributed by atoms with E-state index in [4.69, 9.17) is 23.2 Å². The van der Waals surface area contributed by atoms with E-state index in [-0.39, 0.29) is 17.4 Å². The number of anilines is 1. The smallest absolute Gasteiger partial charge is 0.273 e. The number of aromatic nitrogens is 2. The van der Waals surface area contributed by atoms with Crippen LogP contribution in [0.3, 0.4) is 0 Å². The first-order valence-corrected chi connectivity index (χ1v) is 8.79. The molecule has 1 saturated heterocycles. The molecule has 25 heavy (non-hydrogen) atoms. The molecule has 1 aromatic heterocycles. The van der Waals surface area contributed by atoms with Crippen LogP contribution < -0.4 is 4.90 Å². The van der Waals surface area contributed by atoms with Gasteiger partial charge in [0.25, 0.3) is 0 Å². The van der Waals surface area contributed by atoms with Crippen LogP contribution in [-0.2, 0) is 11.0 Å². The Balaban J connectivity index is 2.11. The van der Waals surface area contributed by atoms with E-state index < -0.39 is 23.2 Å². The van der Waals surface area contributed by atoms with Gasteiger partial charge in [0.15, 0.2) is 0 Å². The van der Waals surface area contributed by atoms with Crippen LogP contribution in [0.1, 0.15) is 22.3 Å². The highest BCUT2D eigenvalue weighted by atomic mass is 35.5. The molecule has 1 amide bonds. The lowest BCUT2D eigenvalue weighted by molar-refractivity contribution is -0.141. The minimum atomic E-state index is -4.64. The molecule has 2 aromatic rings. The van der Waals surface area contributed by atoms with Gasteiger partial charge in [-0.15, -0.1) is 11.8 Å². The monoisotopic (exact) mass is 407 g/mol. The first-order chi connectivity index (χ1) is 11.7. The van der Waals surface area contributed by atoms with Crippen LogP contribution in [0.4, 0.5) is 19.1 Å². The highest BCUT2D eigenvalue weighted by Crippen LogP contribution is 2.46. The highest BCUT2D eigenvalue weighted by molar-refractivity contribution is 8.00. The van der Waals surface area contributed by atoms with Gasteiger partial charge in [0.2, 0.25) is 11.9 Å². The average Bonchev–Trinajstić information content (AvgIpc) is 2.87. The number of carbonyl (C=O) groups is 1. The fraction of sp³-hybridized carbons (Fsp3) is 0.267. The van der Waals surface area contributed by atoms with Crippen molar-refractivity contribution in [1.82, 2.24) is 9.97 Å². The standard InChI is InChI=1S/C15H10Cl2F3N3OS/c1-7-5-10(15(18,19)20)22-14(21-7)23-11(24)6-25-13(23)12-8(16)3-2-4-9(12)17/h2-5,13H,6H2,1H3. The Morgan fingerprint density at radius 1 is 1.24 bits per heavy atom. The van der Waals surface area contributed by atoms with Crippen LogP contribution in [0, 0.1) is 6.92 Å². The summed E-state index contributed by atoms with van der Waals surface area (Å²) in [6.07, 6.45) is -4.64. The first-order valence-electron chi connectivity index (χ1n) is 6.99. The maximum absolute atomic E-state index is 13.0. The third-order valence-electron chi connectivity index (χ3n) is 3.46. The summed E-state index contributed by atoms with van der Waals surface area (Å²) in [6.45, 7) is 1.41. The number of rotatable bonds is 2. The normalized spacial score (nSPS) is 18.1. The number of hydrogen-bond acceptors (Lipinski definition) is 4. The lowest BCUT2D eigenvalue weighted by Crippen LogP contribution is -2.31. The quantitative estimate of drug-likeness (QED) is 0.710. The molecule has 0 bridgehead atoms. The molecule has 1 aromatic carbocycles. The third-order valence-corrected chi connectivity index (χ3v) is 5.30. The van der Waals surface area contributed by atoms with Crippen LogP contribution in [0.15, 0.2) is 24.3 Å². The van der Waals surface area contributed by atoms with Crippen molar-refractivity contribution in [1.29, 1.82) is 0 Å². The summed E-state index contributed by atoms with van der Waals surface area (Å²) in [7, 11) is 0. The second-order valence-electron chi connectivity index (χ2n) is 5.25. The maximum Gasteiger partial charge on any atom is 0.433 e. The van der Waals surface area contributed by atoms with E-state index >= 15 is 0 Å². The summed E-state index contributed by atoms with van der Waals surface area (Å²) in [5.41, 5.74) is -0.560. The molecule has 0 spiro atoms. The molecule has 1 aliphatic rings. The van der Waals surface area contributed by atoms with Crippen LogP contribution in [0.5, 0.6) is 0 Å². The summed E-state index contributed by atoms with van der Waals surface area (Å²) in [6, 6.07) is 5.67. The minimum absolute atomic E-state index is 0.0604. The first kappa shape index (κ1) is 18.3. The predicted molar refractivity (Wildman–Crippen MR) is 90.9 cm³/mol. The van der Waals surface area contributed by atoms with Crippen molar-refractivity contribution >= 4 is 46.8 Å². The van der Waals surface area contributed by atoms with Gasteiger partial charge < -0.3 is 0 Å². The largest absolute Gasteiger partial charge is 0.433 e. The summed E-state index contributed by atoms with van der Waals surface area (Å²) in [5.74, 6) is -0.668. The highest BCUT2D eigenvalue weighted by Gasteiger charge is 2.40. The Kier molecular flexibility index (Phi) is 4.87. The second-order valence-corrected chi connectivity index (χ2v) is 7.14. The van der Waals surface area contributed by atoms with Gasteiger partial charge in [-0.2, -0.15) is 13.2 Å². The van der Waals surface area contributed by atoms with Crippen molar-refractivity contribution in [2.75, 3.05) is 10.7 Å². The maximum atomic E-state index is 13.0. The molecule has 3 rings (SSSR count). The molecule has 1 unspecified atom stereocenters. The van der Waals surface area contributed by atoms with Crippen molar-refractivity contribution in [3.63, 3.8) is 0 Å². The van der Waals surface area contributed by atoms with E-state index in [2.05, 4.69) is 9.97 Å². The number of nitrogens with zero attached hydrogens (tertiary/aromatic N) is 3. The lowest BCUT2D eigenvalue weighted by atomic mass is 10.2. The van der Waals surface area contributed by atoms with Gasteiger partial charge in [-0.1, -0.05) is 29.3 Å². The van der Waals surface area contributed by atoms with Crippen LogP contribution in [0.2, 0.25) is 10.0 Å². The van der Waals surface area contributed by atoms with Crippen LogP contribution >= 0.6 is 35.0 Å². The van der Waals surface area contributed by atoms with Gasteiger partial charge in [-0.05, 0) is 25.1 Å². The topological polar surface area (TPSA) is 46.1 Å². The van der Waals surface area contributed by atoms with Crippen molar-refractivity contribution in [3.8, 4) is 0 Å². The fourth-order valence-corrected chi connectivity index (χ4v) is 4.36. The van der Waals surface area contributed by atoms with Crippen LogP contribution in [-0.4, -0.2) is 21.6 Å². The second kappa shape index (κ2) is 6.66. The van der Waals surface area contributed by atoms with Gasteiger partial charge in [-0.3, -0.25) is 9.69 Å². The third kappa shape index (κ3) is 3.56. The zero-order valence-corrected chi connectivity index (χ0v) is 15.0. The molecule has 0 aliphatic carbocycles. The Bertz CT molecular complexity index is 827. The number of benzene rings is 1. The minimum Gasteiger partial charge on any atom is -0.273 e. The predicted octanol–water partition coefficient (Wildman–Crippen LogP) is 4.89. The van der Waals surface area contributed by atoms with Crippen LogP contribution in [0.25, 0.3) is 0 Å². The molecular weight excluding hydrogens is 398 g/mol. The Morgan fingerprint density at radius 3 is 2.48 bits per heavy atom. The molecule has 4 nitrogen and oxygen atoms in total. The molecule has 132 valence electrons. The van der Waals surface area contributed by atoms with Gasteiger partial charge in [0.05, 0.1) is 5.75 Å². The number of alkyl halides is 3. The Labute approximate surface area is 155 Å².